The first-order valence-corrected chi connectivity index (χ1v) is 6.17. The molecule has 4 N–H and O–H groups in total. The van der Waals surface area contributed by atoms with Crippen molar-refractivity contribution < 1.29 is 14.8 Å². The molecule has 1 atom stereocenters. The molecule has 1 unspecified atom stereocenters. The van der Waals surface area contributed by atoms with E-state index in [-0.39, 0.29) is 5.41 Å². The lowest BCUT2D eigenvalue weighted by molar-refractivity contribution is 0.0749. The Labute approximate surface area is 109 Å². The molecule has 1 rings (SSSR count). The zero-order valence-corrected chi connectivity index (χ0v) is 11.5. The number of nitrogens with two attached hydrogens (primary N) is 1. The van der Waals surface area contributed by atoms with Crippen LogP contribution in [0.5, 0.6) is 5.75 Å². The van der Waals surface area contributed by atoms with E-state index in [0.717, 1.165) is 12.0 Å². The van der Waals surface area contributed by atoms with Gasteiger partial charge in [0.2, 0.25) is 0 Å². The van der Waals surface area contributed by atoms with E-state index in [1.54, 1.807) is 18.2 Å². The predicted octanol–water partition coefficient (Wildman–Crippen LogP) is 0.775. The Kier molecular flexibility index (Phi) is 4.79. The van der Waals surface area contributed by atoms with E-state index in [0.29, 0.717) is 11.2 Å². The summed E-state index contributed by atoms with van der Waals surface area (Å²) < 4.78 is 5.75. The van der Waals surface area contributed by atoms with Gasteiger partial charge < -0.3 is 14.8 Å². The van der Waals surface area contributed by atoms with Gasteiger partial charge in [-0.15, -0.1) is 0 Å². The van der Waals surface area contributed by atoms with Crippen LogP contribution >= 0.6 is 0 Å². The first-order chi connectivity index (χ1) is 8.27. The number of benzene rings is 1. The van der Waals surface area contributed by atoms with Crippen molar-refractivity contribution in [3.05, 3.63) is 23.8 Å². The molecule has 0 aliphatic rings. The highest BCUT2D eigenvalue weighted by Gasteiger charge is 2.27. The van der Waals surface area contributed by atoms with Crippen LogP contribution in [0.3, 0.4) is 0 Å². The summed E-state index contributed by atoms with van der Waals surface area (Å²) >= 11 is 0. The highest BCUT2D eigenvalue weighted by molar-refractivity contribution is 6.58. The second-order valence-corrected chi connectivity index (χ2v) is 5.28. The highest BCUT2D eigenvalue weighted by atomic mass is 16.5. The van der Waals surface area contributed by atoms with Gasteiger partial charge in [0.25, 0.3) is 0 Å². The molecule has 0 fully saturated rings. The van der Waals surface area contributed by atoms with Gasteiger partial charge in [0.05, 0.1) is 0 Å². The van der Waals surface area contributed by atoms with Gasteiger partial charge >= 0.3 is 7.12 Å². The summed E-state index contributed by atoms with van der Waals surface area (Å²) in [7, 11) is -1.50. The van der Waals surface area contributed by atoms with Gasteiger partial charge in [-0.1, -0.05) is 32.9 Å². The molecule has 5 heteroatoms. The van der Waals surface area contributed by atoms with Crippen molar-refractivity contribution in [2.24, 2.45) is 11.1 Å². The fourth-order valence-electron chi connectivity index (χ4n) is 1.40. The number of rotatable bonds is 5. The maximum absolute atomic E-state index is 9.15. The topological polar surface area (TPSA) is 75.7 Å². The van der Waals surface area contributed by atoms with Crippen molar-refractivity contribution in [2.45, 2.75) is 40.3 Å². The third-order valence-corrected chi connectivity index (χ3v) is 3.45. The molecule has 0 amide bonds. The molecule has 0 aliphatic carbocycles. The van der Waals surface area contributed by atoms with Crippen LogP contribution in [0.2, 0.25) is 0 Å². The van der Waals surface area contributed by atoms with Crippen LogP contribution < -0.4 is 15.9 Å². The quantitative estimate of drug-likeness (QED) is 0.533. The van der Waals surface area contributed by atoms with Gasteiger partial charge in [-0.2, -0.15) is 0 Å². The van der Waals surface area contributed by atoms with Crippen molar-refractivity contribution in [3.8, 4) is 5.75 Å². The lowest BCUT2D eigenvalue weighted by Gasteiger charge is -2.31. The molecule has 100 valence electrons. The van der Waals surface area contributed by atoms with Gasteiger partial charge in [-0.25, -0.2) is 0 Å². The van der Waals surface area contributed by atoms with E-state index in [4.69, 9.17) is 20.5 Å². The maximum atomic E-state index is 9.15. The second-order valence-electron chi connectivity index (χ2n) is 5.28. The third-order valence-electron chi connectivity index (χ3n) is 3.45. The van der Waals surface area contributed by atoms with Crippen LogP contribution in [0.4, 0.5) is 0 Å². The van der Waals surface area contributed by atoms with E-state index in [2.05, 4.69) is 6.92 Å². The minimum Gasteiger partial charge on any atom is -0.475 e. The van der Waals surface area contributed by atoms with E-state index in [1.807, 2.05) is 20.8 Å². The fourth-order valence-corrected chi connectivity index (χ4v) is 1.40. The lowest BCUT2D eigenvalue weighted by Crippen LogP contribution is -2.42. The molecular formula is C13H22BNO3. The summed E-state index contributed by atoms with van der Waals surface area (Å²) in [6.07, 6.45) is 0.461. The Bertz CT molecular complexity index is 407. The Morgan fingerprint density at radius 1 is 1.39 bits per heavy atom. The molecular weight excluding hydrogens is 229 g/mol. The number of ether oxygens (including phenoxy) is 1. The lowest BCUT2D eigenvalue weighted by atomic mass is 9.80. The summed E-state index contributed by atoms with van der Waals surface area (Å²) in [5, 5.41) is 18.3. The Morgan fingerprint density at radius 3 is 2.50 bits per heavy atom. The molecule has 0 radical (unpaired) electrons. The molecule has 1 aromatic rings. The van der Waals surface area contributed by atoms with Gasteiger partial charge in [0, 0.05) is 5.41 Å². The van der Waals surface area contributed by atoms with Crippen LogP contribution in [0, 0.1) is 12.3 Å². The standard InChI is InChI=1S/C13H22BNO3/c1-5-13(3,4)12(15)18-11-8-10(14(16)17)7-6-9(11)2/h6-8,12,16-17H,5,15H2,1-4H3. The molecule has 18 heavy (non-hydrogen) atoms. The van der Waals surface area contributed by atoms with Gasteiger partial charge in [0.1, 0.15) is 5.75 Å². The smallest absolute Gasteiger partial charge is 0.475 e. The van der Waals surface area contributed by atoms with Crippen molar-refractivity contribution in [3.63, 3.8) is 0 Å². The Morgan fingerprint density at radius 2 is 2.00 bits per heavy atom. The molecule has 1 aromatic carbocycles. The summed E-state index contributed by atoms with van der Waals surface area (Å²) in [5.74, 6) is 0.592. The average molecular weight is 251 g/mol. The monoisotopic (exact) mass is 251 g/mol. The molecule has 0 aliphatic heterocycles. The zero-order chi connectivity index (χ0) is 13.9. The van der Waals surface area contributed by atoms with Gasteiger partial charge in [0.15, 0.2) is 6.23 Å². The predicted molar refractivity (Wildman–Crippen MR) is 73.7 cm³/mol. The molecule has 4 nitrogen and oxygen atoms in total. The zero-order valence-electron chi connectivity index (χ0n) is 11.5. The SMILES string of the molecule is CCC(C)(C)C(N)Oc1cc(B(O)O)ccc1C. The van der Waals surface area contributed by atoms with E-state index in [9.17, 15) is 0 Å². The van der Waals surface area contributed by atoms with Crippen LogP contribution in [-0.4, -0.2) is 23.4 Å². The van der Waals surface area contributed by atoms with Gasteiger partial charge in [-0.3, -0.25) is 5.73 Å². The molecule has 0 saturated carbocycles. The van der Waals surface area contributed by atoms with Crippen molar-refractivity contribution in [2.75, 3.05) is 0 Å². The molecule has 0 spiro atoms. The largest absolute Gasteiger partial charge is 0.488 e. The molecule has 0 aromatic heterocycles. The minimum absolute atomic E-state index is 0.139. The molecule has 0 heterocycles. The summed E-state index contributed by atoms with van der Waals surface area (Å²) in [6.45, 7) is 8.04. The number of aryl methyl sites for hydroxylation is 1. The van der Waals surface area contributed by atoms with Gasteiger partial charge in [-0.05, 0) is 30.4 Å². The minimum atomic E-state index is -1.50. The summed E-state index contributed by atoms with van der Waals surface area (Å²) in [6, 6.07) is 5.06. The van der Waals surface area contributed by atoms with Crippen LogP contribution in [0.25, 0.3) is 0 Å². The van der Waals surface area contributed by atoms with E-state index < -0.39 is 13.3 Å². The molecule has 0 saturated heterocycles. The van der Waals surface area contributed by atoms with Crippen LogP contribution in [-0.2, 0) is 0 Å². The highest BCUT2D eigenvalue weighted by Crippen LogP contribution is 2.27. The Hall–Kier alpha value is -1.04. The van der Waals surface area contributed by atoms with Crippen LogP contribution in [0.1, 0.15) is 32.8 Å². The number of hydrogen-bond donors (Lipinski definition) is 3. The van der Waals surface area contributed by atoms with Crippen LogP contribution in [0.15, 0.2) is 18.2 Å². The average Bonchev–Trinajstić information content (AvgIpc) is 2.31. The summed E-state index contributed by atoms with van der Waals surface area (Å²) in [4.78, 5) is 0. The summed E-state index contributed by atoms with van der Waals surface area (Å²) in [5.41, 5.74) is 7.22. The maximum Gasteiger partial charge on any atom is 0.488 e. The van der Waals surface area contributed by atoms with Crippen molar-refractivity contribution in [1.29, 1.82) is 0 Å². The molecule has 0 bridgehead atoms. The second kappa shape index (κ2) is 5.74. The fraction of sp³-hybridized carbons (Fsp3) is 0.538. The van der Waals surface area contributed by atoms with Crippen molar-refractivity contribution in [1.82, 2.24) is 0 Å². The third kappa shape index (κ3) is 3.48. The van der Waals surface area contributed by atoms with Crippen molar-refractivity contribution >= 4 is 12.6 Å². The Balaban J connectivity index is 2.93. The normalized spacial score (nSPS) is 13.3. The van der Waals surface area contributed by atoms with E-state index in [1.165, 1.54) is 0 Å². The van der Waals surface area contributed by atoms with E-state index >= 15 is 0 Å². The first kappa shape index (κ1) is 15.0. The number of hydrogen-bond acceptors (Lipinski definition) is 4. The first-order valence-electron chi connectivity index (χ1n) is 6.17.